The first-order valence-corrected chi connectivity index (χ1v) is 4.90. The Morgan fingerprint density at radius 1 is 1.06 bits per heavy atom. The Morgan fingerprint density at radius 3 is 2.38 bits per heavy atom. The predicted octanol–water partition coefficient (Wildman–Crippen LogP) is 4.24. The molecule has 0 amide bonds. The lowest BCUT2D eigenvalue weighted by atomic mass is 9.99. The topological polar surface area (TPSA) is 0 Å². The molecule has 83 valence electrons. The van der Waals surface area contributed by atoms with E-state index >= 15 is 0 Å². The molecule has 0 spiro atoms. The fourth-order valence-corrected chi connectivity index (χ4v) is 1.76. The summed E-state index contributed by atoms with van der Waals surface area (Å²) in [5.41, 5.74) is 0.0234. The molecule has 0 aromatic heterocycles. The van der Waals surface area contributed by atoms with Crippen molar-refractivity contribution in [2.75, 3.05) is 0 Å². The van der Waals surface area contributed by atoms with Crippen LogP contribution in [0.3, 0.4) is 0 Å². The van der Waals surface area contributed by atoms with Crippen LogP contribution in [-0.2, 0) is 12.6 Å². The number of alkyl halides is 3. The maximum Gasteiger partial charge on any atom is 0.416 e. The maximum absolute atomic E-state index is 12.6. The molecule has 16 heavy (non-hydrogen) atoms. The summed E-state index contributed by atoms with van der Waals surface area (Å²) in [7, 11) is 0. The predicted molar refractivity (Wildman–Crippen MR) is 58.0 cm³/mol. The standard InChI is InChI=1S/C13H10F3/c1-2-9-7-11(13(14,15)16)8-10-5-3-4-6-12(9)10/h3-8H,1-2H2. The van der Waals surface area contributed by atoms with E-state index in [9.17, 15) is 13.2 Å². The Hall–Kier alpha value is -1.51. The summed E-state index contributed by atoms with van der Waals surface area (Å²) in [4.78, 5) is 0. The van der Waals surface area contributed by atoms with Crippen molar-refractivity contribution < 1.29 is 13.2 Å². The van der Waals surface area contributed by atoms with Crippen LogP contribution < -0.4 is 0 Å². The Bertz CT molecular complexity index is 512. The van der Waals surface area contributed by atoms with E-state index in [1.807, 2.05) is 12.1 Å². The van der Waals surface area contributed by atoms with Gasteiger partial charge >= 0.3 is 6.18 Å². The van der Waals surface area contributed by atoms with E-state index < -0.39 is 11.7 Å². The van der Waals surface area contributed by atoms with Gasteiger partial charge in [-0.05, 0) is 41.8 Å². The first-order chi connectivity index (χ1) is 7.52. The molecule has 0 N–H and O–H groups in total. The molecule has 2 aromatic carbocycles. The maximum atomic E-state index is 12.6. The average Bonchev–Trinajstić information content (AvgIpc) is 2.26. The van der Waals surface area contributed by atoms with Crippen LogP contribution in [0.5, 0.6) is 0 Å². The zero-order valence-electron chi connectivity index (χ0n) is 8.51. The summed E-state index contributed by atoms with van der Waals surface area (Å²) in [6, 6.07) is 9.40. The van der Waals surface area contributed by atoms with Crippen molar-refractivity contribution in [3.63, 3.8) is 0 Å². The number of hydrogen-bond acceptors (Lipinski definition) is 0. The minimum absolute atomic E-state index is 0.352. The number of benzene rings is 2. The fraction of sp³-hybridized carbons (Fsp3) is 0.154. The lowest BCUT2D eigenvalue weighted by Crippen LogP contribution is -2.05. The van der Waals surface area contributed by atoms with Gasteiger partial charge in [0.2, 0.25) is 0 Å². The lowest BCUT2D eigenvalue weighted by molar-refractivity contribution is -0.137. The summed E-state index contributed by atoms with van der Waals surface area (Å²) < 4.78 is 37.8. The van der Waals surface area contributed by atoms with Crippen LogP contribution >= 0.6 is 0 Å². The largest absolute Gasteiger partial charge is 0.416 e. The van der Waals surface area contributed by atoms with Gasteiger partial charge in [0.1, 0.15) is 0 Å². The van der Waals surface area contributed by atoms with Crippen LogP contribution in [0.4, 0.5) is 13.2 Å². The molecule has 0 unspecified atom stereocenters. The third-order valence-corrected chi connectivity index (χ3v) is 2.54. The molecule has 0 heterocycles. The van der Waals surface area contributed by atoms with Crippen LogP contribution in [0.1, 0.15) is 11.1 Å². The third kappa shape index (κ3) is 1.90. The molecule has 0 atom stereocenters. The number of halogens is 3. The molecular formula is C13H10F3. The minimum atomic E-state index is -4.30. The molecule has 0 aliphatic carbocycles. The van der Waals surface area contributed by atoms with E-state index in [-0.39, 0.29) is 0 Å². The molecule has 0 bridgehead atoms. The quantitative estimate of drug-likeness (QED) is 0.678. The van der Waals surface area contributed by atoms with Gasteiger partial charge in [-0.2, -0.15) is 13.2 Å². The second-order valence-electron chi connectivity index (χ2n) is 3.60. The van der Waals surface area contributed by atoms with E-state index in [0.29, 0.717) is 17.4 Å². The highest BCUT2D eigenvalue weighted by Gasteiger charge is 2.31. The Balaban J connectivity index is 2.73. The zero-order valence-corrected chi connectivity index (χ0v) is 8.51. The summed E-state index contributed by atoms with van der Waals surface area (Å²) in [5, 5.41) is 1.45. The Morgan fingerprint density at radius 2 is 1.75 bits per heavy atom. The van der Waals surface area contributed by atoms with E-state index in [4.69, 9.17) is 0 Å². The van der Waals surface area contributed by atoms with E-state index in [1.165, 1.54) is 12.1 Å². The van der Waals surface area contributed by atoms with Crippen molar-refractivity contribution in [2.45, 2.75) is 12.6 Å². The van der Waals surface area contributed by atoms with Crippen molar-refractivity contribution in [1.29, 1.82) is 0 Å². The van der Waals surface area contributed by atoms with E-state index in [2.05, 4.69) is 6.92 Å². The Labute approximate surface area is 91.7 Å². The van der Waals surface area contributed by atoms with Crippen molar-refractivity contribution >= 4 is 10.8 Å². The van der Waals surface area contributed by atoms with Crippen LogP contribution in [0.25, 0.3) is 10.8 Å². The van der Waals surface area contributed by atoms with Gasteiger partial charge in [0.15, 0.2) is 0 Å². The molecule has 0 aliphatic heterocycles. The fourth-order valence-electron chi connectivity index (χ4n) is 1.76. The number of fused-ring (bicyclic) bond motifs is 1. The van der Waals surface area contributed by atoms with Gasteiger partial charge in [0, 0.05) is 0 Å². The summed E-state index contributed by atoms with van der Waals surface area (Å²) in [5.74, 6) is 0. The molecule has 0 saturated carbocycles. The lowest BCUT2D eigenvalue weighted by Gasteiger charge is -2.11. The summed E-state index contributed by atoms with van der Waals surface area (Å²) in [6.07, 6.45) is -3.95. The van der Waals surface area contributed by atoms with Gasteiger partial charge in [0.05, 0.1) is 5.56 Å². The van der Waals surface area contributed by atoms with Crippen molar-refractivity contribution in [2.24, 2.45) is 0 Å². The van der Waals surface area contributed by atoms with Gasteiger partial charge in [-0.25, -0.2) is 0 Å². The van der Waals surface area contributed by atoms with Crippen molar-refractivity contribution in [3.05, 3.63) is 54.4 Å². The highest BCUT2D eigenvalue weighted by molar-refractivity contribution is 5.86. The highest BCUT2D eigenvalue weighted by atomic mass is 19.4. The number of rotatable bonds is 1. The monoisotopic (exact) mass is 223 g/mol. The van der Waals surface area contributed by atoms with Gasteiger partial charge in [-0.3, -0.25) is 0 Å². The van der Waals surface area contributed by atoms with E-state index in [0.717, 1.165) is 5.39 Å². The molecule has 3 heteroatoms. The first-order valence-electron chi connectivity index (χ1n) is 4.90. The van der Waals surface area contributed by atoms with Gasteiger partial charge in [-0.1, -0.05) is 24.3 Å². The SMILES string of the molecule is [CH2]Cc1cc(C(F)(F)F)cc2ccccc12. The first kappa shape index (κ1) is 11.0. The third-order valence-electron chi connectivity index (χ3n) is 2.54. The second kappa shape index (κ2) is 3.81. The van der Waals surface area contributed by atoms with Crippen LogP contribution in [-0.4, -0.2) is 0 Å². The van der Waals surface area contributed by atoms with Crippen LogP contribution in [0.15, 0.2) is 36.4 Å². The molecule has 0 aliphatic rings. The van der Waals surface area contributed by atoms with E-state index in [1.54, 1.807) is 12.1 Å². The zero-order chi connectivity index (χ0) is 11.8. The highest BCUT2D eigenvalue weighted by Crippen LogP contribution is 2.33. The number of hydrogen-bond donors (Lipinski definition) is 0. The average molecular weight is 223 g/mol. The normalized spacial score (nSPS) is 12.0. The molecular weight excluding hydrogens is 213 g/mol. The van der Waals surface area contributed by atoms with Gasteiger partial charge in [0.25, 0.3) is 0 Å². The molecule has 2 rings (SSSR count). The molecule has 0 saturated heterocycles. The molecule has 0 nitrogen and oxygen atoms in total. The smallest absolute Gasteiger partial charge is 0.166 e. The molecule has 0 fully saturated rings. The molecule has 1 radical (unpaired) electrons. The second-order valence-corrected chi connectivity index (χ2v) is 3.60. The summed E-state index contributed by atoms with van der Waals surface area (Å²) in [6.45, 7) is 3.66. The summed E-state index contributed by atoms with van der Waals surface area (Å²) >= 11 is 0. The van der Waals surface area contributed by atoms with Gasteiger partial charge < -0.3 is 0 Å². The molecule has 2 aromatic rings. The van der Waals surface area contributed by atoms with Gasteiger partial charge in [-0.15, -0.1) is 0 Å². The van der Waals surface area contributed by atoms with Crippen LogP contribution in [0, 0.1) is 6.92 Å². The van der Waals surface area contributed by atoms with Crippen molar-refractivity contribution in [3.8, 4) is 0 Å². The van der Waals surface area contributed by atoms with Crippen LogP contribution in [0.2, 0.25) is 0 Å². The minimum Gasteiger partial charge on any atom is -0.166 e. The Kier molecular flexibility index (Phi) is 2.62. The van der Waals surface area contributed by atoms with Crippen molar-refractivity contribution in [1.82, 2.24) is 0 Å².